The standard InChI is InChI=1S/C15H27NO/c1-4-7-9-13(5-2)12-14(16-6-3)15-10-8-11-17-15/h8,10-11,13-14,16H,4-7,9,12H2,1-3H3. The molecule has 1 N–H and O–H groups in total. The fourth-order valence-corrected chi connectivity index (χ4v) is 2.35. The van der Waals surface area contributed by atoms with Crippen molar-refractivity contribution in [3.05, 3.63) is 24.2 Å². The Labute approximate surface area is 106 Å². The quantitative estimate of drug-likeness (QED) is 0.682. The Hall–Kier alpha value is -0.760. The molecule has 2 atom stereocenters. The van der Waals surface area contributed by atoms with Gasteiger partial charge in [-0.05, 0) is 31.0 Å². The molecule has 0 radical (unpaired) electrons. The van der Waals surface area contributed by atoms with Gasteiger partial charge in [-0.15, -0.1) is 0 Å². The van der Waals surface area contributed by atoms with Crippen LogP contribution in [-0.4, -0.2) is 6.54 Å². The highest BCUT2D eigenvalue weighted by Crippen LogP contribution is 2.26. The number of hydrogen-bond acceptors (Lipinski definition) is 2. The molecule has 0 bridgehead atoms. The van der Waals surface area contributed by atoms with Crippen molar-refractivity contribution in [3.63, 3.8) is 0 Å². The third-order valence-corrected chi connectivity index (χ3v) is 3.45. The molecule has 1 aromatic heterocycles. The van der Waals surface area contributed by atoms with Gasteiger partial charge >= 0.3 is 0 Å². The van der Waals surface area contributed by atoms with Crippen LogP contribution < -0.4 is 5.32 Å². The first-order valence-corrected chi connectivity index (χ1v) is 7.08. The molecule has 0 saturated carbocycles. The third kappa shape index (κ3) is 4.95. The van der Waals surface area contributed by atoms with E-state index in [9.17, 15) is 0 Å². The van der Waals surface area contributed by atoms with Gasteiger partial charge in [-0.3, -0.25) is 0 Å². The van der Waals surface area contributed by atoms with E-state index in [0.29, 0.717) is 6.04 Å². The van der Waals surface area contributed by atoms with Gasteiger partial charge in [-0.2, -0.15) is 0 Å². The maximum Gasteiger partial charge on any atom is 0.120 e. The molecule has 2 heteroatoms. The van der Waals surface area contributed by atoms with E-state index in [0.717, 1.165) is 18.2 Å². The average molecular weight is 237 g/mol. The second-order valence-corrected chi connectivity index (χ2v) is 4.78. The van der Waals surface area contributed by atoms with Gasteiger partial charge in [0.1, 0.15) is 5.76 Å². The van der Waals surface area contributed by atoms with E-state index in [1.165, 1.54) is 32.1 Å². The SMILES string of the molecule is CCCCC(CC)CC(NCC)c1ccco1. The molecular weight excluding hydrogens is 210 g/mol. The summed E-state index contributed by atoms with van der Waals surface area (Å²) in [7, 11) is 0. The molecule has 0 fully saturated rings. The normalized spacial score (nSPS) is 14.8. The van der Waals surface area contributed by atoms with Gasteiger partial charge in [-0.25, -0.2) is 0 Å². The van der Waals surface area contributed by atoms with E-state index >= 15 is 0 Å². The Morgan fingerprint density at radius 2 is 2.12 bits per heavy atom. The molecule has 1 rings (SSSR count). The molecular formula is C15H27NO. The van der Waals surface area contributed by atoms with E-state index in [1.54, 1.807) is 6.26 Å². The molecule has 98 valence electrons. The molecule has 1 heterocycles. The van der Waals surface area contributed by atoms with Gasteiger partial charge in [-0.1, -0.05) is 46.5 Å². The summed E-state index contributed by atoms with van der Waals surface area (Å²) in [6.07, 6.45) is 8.21. The summed E-state index contributed by atoms with van der Waals surface area (Å²) < 4.78 is 5.54. The lowest BCUT2D eigenvalue weighted by molar-refractivity contribution is 0.321. The summed E-state index contributed by atoms with van der Waals surface area (Å²) >= 11 is 0. The second kappa shape index (κ2) is 8.35. The van der Waals surface area contributed by atoms with Crippen LogP contribution in [0.2, 0.25) is 0 Å². The van der Waals surface area contributed by atoms with Gasteiger partial charge in [0.15, 0.2) is 0 Å². The van der Waals surface area contributed by atoms with Crippen LogP contribution in [0.3, 0.4) is 0 Å². The van der Waals surface area contributed by atoms with Crippen molar-refractivity contribution in [2.24, 2.45) is 5.92 Å². The predicted octanol–water partition coefficient (Wildman–Crippen LogP) is 4.54. The molecule has 0 amide bonds. The van der Waals surface area contributed by atoms with Crippen LogP contribution in [0.5, 0.6) is 0 Å². The van der Waals surface area contributed by atoms with Crippen molar-refractivity contribution < 1.29 is 4.42 Å². The van der Waals surface area contributed by atoms with E-state index in [4.69, 9.17) is 4.42 Å². The highest BCUT2D eigenvalue weighted by molar-refractivity contribution is 5.04. The minimum atomic E-state index is 0.386. The average Bonchev–Trinajstić information content (AvgIpc) is 2.87. The monoisotopic (exact) mass is 237 g/mol. The third-order valence-electron chi connectivity index (χ3n) is 3.45. The second-order valence-electron chi connectivity index (χ2n) is 4.78. The summed E-state index contributed by atoms with van der Waals surface area (Å²) in [5, 5.41) is 3.53. The number of rotatable bonds is 9. The zero-order valence-electron chi connectivity index (χ0n) is 11.5. The molecule has 2 nitrogen and oxygen atoms in total. The molecule has 0 spiro atoms. The molecule has 0 aromatic carbocycles. The van der Waals surface area contributed by atoms with Crippen molar-refractivity contribution in [2.75, 3.05) is 6.54 Å². The maximum atomic E-state index is 5.54. The molecule has 1 aromatic rings. The van der Waals surface area contributed by atoms with Crippen molar-refractivity contribution in [1.82, 2.24) is 5.32 Å². The molecule has 17 heavy (non-hydrogen) atoms. The lowest BCUT2D eigenvalue weighted by atomic mass is 9.91. The Kier molecular flexibility index (Phi) is 7.02. The van der Waals surface area contributed by atoms with Crippen LogP contribution >= 0.6 is 0 Å². The molecule has 0 aliphatic carbocycles. The lowest BCUT2D eigenvalue weighted by Gasteiger charge is -2.22. The topological polar surface area (TPSA) is 25.2 Å². The van der Waals surface area contributed by atoms with E-state index in [1.807, 2.05) is 6.07 Å². The smallest absolute Gasteiger partial charge is 0.120 e. The Balaban J connectivity index is 2.52. The molecule has 0 saturated heterocycles. The highest BCUT2D eigenvalue weighted by Gasteiger charge is 2.17. The predicted molar refractivity (Wildman–Crippen MR) is 73.0 cm³/mol. The maximum absolute atomic E-state index is 5.54. The number of furan rings is 1. The van der Waals surface area contributed by atoms with E-state index in [-0.39, 0.29) is 0 Å². The first-order valence-electron chi connectivity index (χ1n) is 7.08. The number of hydrogen-bond donors (Lipinski definition) is 1. The van der Waals surface area contributed by atoms with Crippen molar-refractivity contribution >= 4 is 0 Å². The molecule has 0 aliphatic rings. The van der Waals surface area contributed by atoms with Gasteiger partial charge in [0.05, 0.1) is 12.3 Å². The molecule has 0 aliphatic heterocycles. The zero-order valence-corrected chi connectivity index (χ0v) is 11.5. The van der Waals surface area contributed by atoms with Crippen LogP contribution in [0.1, 0.15) is 64.7 Å². The summed E-state index contributed by atoms with van der Waals surface area (Å²) in [5.41, 5.74) is 0. The zero-order chi connectivity index (χ0) is 12.5. The van der Waals surface area contributed by atoms with Crippen LogP contribution in [0, 0.1) is 5.92 Å². The van der Waals surface area contributed by atoms with E-state index in [2.05, 4.69) is 32.2 Å². The lowest BCUT2D eigenvalue weighted by Crippen LogP contribution is -2.23. The Morgan fingerprint density at radius 1 is 1.29 bits per heavy atom. The van der Waals surface area contributed by atoms with E-state index < -0.39 is 0 Å². The molecule has 2 unspecified atom stereocenters. The van der Waals surface area contributed by atoms with Crippen molar-refractivity contribution in [3.8, 4) is 0 Å². The van der Waals surface area contributed by atoms with Gasteiger partial charge in [0.2, 0.25) is 0 Å². The Morgan fingerprint density at radius 3 is 2.65 bits per heavy atom. The summed E-state index contributed by atoms with van der Waals surface area (Å²) in [4.78, 5) is 0. The van der Waals surface area contributed by atoms with Gasteiger partial charge in [0, 0.05) is 0 Å². The van der Waals surface area contributed by atoms with Crippen LogP contribution in [-0.2, 0) is 0 Å². The first kappa shape index (κ1) is 14.3. The fourth-order valence-electron chi connectivity index (χ4n) is 2.35. The van der Waals surface area contributed by atoms with Crippen LogP contribution in [0.4, 0.5) is 0 Å². The Bertz CT molecular complexity index is 268. The minimum absolute atomic E-state index is 0.386. The van der Waals surface area contributed by atoms with Crippen molar-refractivity contribution in [1.29, 1.82) is 0 Å². The van der Waals surface area contributed by atoms with Crippen molar-refractivity contribution in [2.45, 2.75) is 58.9 Å². The summed E-state index contributed by atoms with van der Waals surface area (Å²) in [6, 6.07) is 4.45. The fraction of sp³-hybridized carbons (Fsp3) is 0.733. The summed E-state index contributed by atoms with van der Waals surface area (Å²) in [5.74, 6) is 1.89. The number of unbranched alkanes of at least 4 members (excludes halogenated alkanes) is 1. The number of nitrogens with one attached hydrogen (secondary N) is 1. The van der Waals surface area contributed by atoms with Gasteiger partial charge in [0.25, 0.3) is 0 Å². The minimum Gasteiger partial charge on any atom is -0.468 e. The first-order chi connectivity index (χ1) is 8.31. The summed E-state index contributed by atoms with van der Waals surface area (Å²) in [6.45, 7) is 7.71. The van der Waals surface area contributed by atoms with Crippen LogP contribution in [0.15, 0.2) is 22.8 Å². The van der Waals surface area contributed by atoms with Gasteiger partial charge < -0.3 is 9.73 Å². The largest absolute Gasteiger partial charge is 0.468 e. The highest BCUT2D eigenvalue weighted by atomic mass is 16.3. The van der Waals surface area contributed by atoms with Crippen LogP contribution in [0.25, 0.3) is 0 Å².